The molecular formula is C25H16ClN3O7. The van der Waals surface area contributed by atoms with Crippen LogP contribution in [0, 0.1) is 17.0 Å². The molecule has 1 fully saturated rings. The number of anilines is 1. The SMILES string of the molecule is Cc1ccc(N2C(=O)[C@@H](N3C(=O)c4ccc([N+](=O)[O-])cc4C3=O)[C@H]2c2ccc3c(c2)OCO3)cc1Cl. The number of carbonyl (C=O) groups is 3. The van der Waals surface area contributed by atoms with Gasteiger partial charge >= 0.3 is 0 Å². The summed E-state index contributed by atoms with van der Waals surface area (Å²) in [5.74, 6) is -0.911. The van der Waals surface area contributed by atoms with Crippen molar-refractivity contribution < 1.29 is 28.8 Å². The van der Waals surface area contributed by atoms with Crippen LogP contribution in [-0.4, -0.2) is 40.4 Å². The lowest BCUT2D eigenvalue weighted by Gasteiger charge is -2.49. The quantitative estimate of drug-likeness (QED) is 0.227. The van der Waals surface area contributed by atoms with E-state index in [0.29, 0.717) is 27.8 Å². The highest BCUT2D eigenvalue weighted by Gasteiger charge is 2.57. The number of nitro benzene ring substituents is 1. The second kappa shape index (κ2) is 7.79. The van der Waals surface area contributed by atoms with Gasteiger partial charge in [0, 0.05) is 22.8 Å². The number of non-ortho nitro benzene ring substituents is 1. The van der Waals surface area contributed by atoms with E-state index in [-0.39, 0.29) is 23.6 Å². The number of halogens is 1. The van der Waals surface area contributed by atoms with Gasteiger partial charge in [0.05, 0.1) is 22.1 Å². The molecule has 0 bridgehead atoms. The molecule has 3 aromatic carbocycles. The predicted molar refractivity (Wildman–Crippen MR) is 126 cm³/mol. The fraction of sp³-hybridized carbons (Fsp3) is 0.160. The number of hydrogen-bond donors (Lipinski definition) is 0. The molecule has 11 heteroatoms. The standard InChI is InChI=1S/C25H16ClN3O7/c1-12-2-4-14(10-18(12)26)27-21(13-3-7-19-20(8-13)36-11-35-19)22(25(27)32)28-23(30)16-6-5-15(29(33)34)9-17(16)24(28)31/h2-10,21-22H,11H2,1H3/t21-,22+/m1/s1. The van der Waals surface area contributed by atoms with E-state index in [0.717, 1.165) is 22.6 Å². The molecule has 6 rings (SSSR count). The maximum atomic E-state index is 13.6. The number of rotatable bonds is 4. The van der Waals surface area contributed by atoms with E-state index in [1.165, 1.54) is 11.0 Å². The molecule has 3 aliphatic rings. The van der Waals surface area contributed by atoms with E-state index in [4.69, 9.17) is 21.1 Å². The van der Waals surface area contributed by atoms with E-state index >= 15 is 0 Å². The number of imide groups is 1. The van der Waals surface area contributed by atoms with E-state index < -0.39 is 34.7 Å². The Labute approximate surface area is 208 Å². The molecule has 0 unspecified atom stereocenters. The summed E-state index contributed by atoms with van der Waals surface area (Å²) in [5, 5.41) is 11.7. The molecule has 0 saturated carbocycles. The van der Waals surface area contributed by atoms with Crippen molar-refractivity contribution in [1.82, 2.24) is 4.90 Å². The summed E-state index contributed by atoms with van der Waals surface area (Å²) in [6.07, 6.45) is 0. The third-order valence-corrected chi connectivity index (χ3v) is 7.04. The summed E-state index contributed by atoms with van der Waals surface area (Å²) < 4.78 is 10.9. The number of ether oxygens (including phenoxy) is 2. The minimum Gasteiger partial charge on any atom is -0.454 e. The lowest BCUT2D eigenvalue weighted by atomic mass is 9.86. The second-order valence-corrected chi connectivity index (χ2v) is 9.02. The number of nitrogens with zero attached hydrogens (tertiary/aromatic N) is 3. The molecule has 3 heterocycles. The number of β-lactam (4-membered cyclic amide) rings is 1. The van der Waals surface area contributed by atoms with Gasteiger partial charge in [0.25, 0.3) is 23.4 Å². The van der Waals surface area contributed by atoms with Crippen LogP contribution in [0.5, 0.6) is 11.5 Å². The average molecular weight is 506 g/mol. The van der Waals surface area contributed by atoms with Gasteiger partial charge in [-0.05, 0) is 48.4 Å². The lowest BCUT2D eigenvalue weighted by molar-refractivity contribution is -0.384. The third-order valence-electron chi connectivity index (χ3n) is 6.63. The zero-order valence-corrected chi connectivity index (χ0v) is 19.4. The van der Waals surface area contributed by atoms with Crippen LogP contribution in [0.3, 0.4) is 0 Å². The van der Waals surface area contributed by atoms with Crippen LogP contribution in [0.1, 0.15) is 37.9 Å². The van der Waals surface area contributed by atoms with E-state index in [9.17, 15) is 24.5 Å². The molecule has 1 saturated heterocycles. The number of benzene rings is 3. The van der Waals surface area contributed by atoms with Crippen molar-refractivity contribution in [2.45, 2.75) is 19.0 Å². The average Bonchev–Trinajstić information content (AvgIpc) is 3.42. The van der Waals surface area contributed by atoms with E-state index in [2.05, 4.69) is 0 Å². The molecule has 3 aromatic rings. The number of fused-ring (bicyclic) bond motifs is 2. The highest BCUT2D eigenvalue weighted by molar-refractivity contribution is 6.32. The molecule has 3 amide bonds. The van der Waals surface area contributed by atoms with Crippen molar-refractivity contribution in [3.05, 3.63) is 92.0 Å². The maximum absolute atomic E-state index is 13.6. The first kappa shape index (κ1) is 22.1. The van der Waals surface area contributed by atoms with Gasteiger partial charge in [0.2, 0.25) is 6.79 Å². The Kier molecular flexibility index (Phi) is 4.77. The number of amides is 3. The van der Waals surface area contributed by atoms with Gasteiger partial charge in [-0.15, -0.1) is 0 Å². The van der Waals surface area contributed by atoms with Crippen molar-refractivity contribution in [1.29, 1.82) is 0 Å². The topological polar surface area (TPSA) is 119 Å². The molecule has 0 aromatic heterocycles. The van der Waals surface area contributed by atoms with Crippen LogP contribution < -0.4 is 14.4 Å². The Morgan fingerprint density at radius 1 is 0.889 bits per heavy atom. The summed E-state index contributed by atoms with van der Waals surface area (Å²) in [6, 6.07) is 11.8. The first-order chi connectivity index (χ1) is 17.3. The molecule has 2 atom stereocenters. The Morgan fingerprint density at radius 2 is 1.64 bits per heavy atom. The molecule has 3 aliphatic heterocycles. The van der Waals surface area contributed by atoms with Crippen molar-refractivity contribution >= 4 is 40.7 Å². The minimum absolute atomic E-state index is 0.0136. The Balaban J connectivity index is 1.44. The summed E-state index contributed by atoms with van der Waals surface area (Å²) >= 11 is 6.32. The molecule has 0 aliphatic carbocycles. The molecule has 0 radical (unpaired) electrons. The van der Waals surface area contributed by atoms with E-state index in [1.807, 2.05) is 6.92 Å². The Bertz CT molecular complexity index is 1520. The molecule has 10 nitrogen and oxygen atoms in total. The fourth-order valence-electron chi connectivity index (χ4n) is 4.79. The third kappa shape index (κ3) is 3.07. The number of carbonyl (C=O) groups excluding carboxylic acids is 3. The van der Waals surface area contributed by atoms with Crippen LogP contribution in [0.4, 0.5) is 11.4 Å². The molecule has 0 N–H and O–H groups in total. The predicted octanol–water partition coefficient (Wildman–Crippen LogP) is 4.04. The van der Waals surface area contributed by atoms with Gasteiger partial charge in [-0.25, -0.2) is 0 Å². The largest absolute Gasteiger partial charge is 0.454 e. The normalized spacial score (nSPS) is 20.0. The van der Waals surface area contributed by atoms with Crippen LogP contribution in [0.25, 0.3) is 0 Å². The number of aryl methyl sites for hydroxylation is 1. The zero-order chi connectivity index (χ0) is 25.3. The van der Waals surface area contributed by atoms with Crippen LogP contribution in [-0.2, 0) is 4.79 Å². The van der Waals surface area contributed by atoms with Crippen LogP contribution >= 0.6 is 11.6 Å². The maximum Gasteiger partial charge on any atom is 0.270 e. The molecule has 0 spiro atoms. The van der Waals surface area contributed by atoms with Crippen molar-refractivity contribution in [2.75, 3.05) is 11.7 Å². The summed E-state index contributed by atoms with van der Waals surface area (Å²) in [6.45, 7) is 1.89. The lowest BCUT2D eigenvalue weighted by Crippen LogP contribution is -2.67. The smallest absolute Gasteiger partial charge is 0.270 e. The van der Waals surface area contributed by atoms with Crippen molar-refractivity contribution in [3.8, 4) is 11.5 Å². The molecule has 180 valence electrons. The van der Waals surface area contributed by atoms with Gasteiger partial charge in [-0.1, -0.05) is 23.7 Å². The zero-order valence-electron chi connectivity index (χ0n) is 18.6. The van der Waals surface area contributed by atoms with E-state index in [1.54, 1.807) is 36.4 Å². The van der Waals surface area contributed by atoms with Gasteiger partial charge in [-0.2, -0.15) is 0 Å². The van der Waals surface area contributed by atoms with Gasteiger partial charge in [0.1, 0.15) is 6.04 Å². The summed E-state index contributed by atoms with van der Waals surface area (Å²) in [7, 11) is 0. The summed E-state index contributed by atoms with van der Waals surface area (Å²) in [4.78, 5) is 53.1. The molecule has 36 heavy (non-hydrogen) atoms. The number of hydrogen-bond acceptors (Lipinski definition) is 7. The minimum atomic E-state index is -1.17. The number of nitro groups is 1. The summed E-state index contributed by atoms with van der Waals surface area (Å²) in [5.41, 5.74) is 1.53. The Hall–Kier alpha value is -4.44. The van der Waals surface area contributed by atoms with Crippen LogP contribution in [0.2, 0.25) is 5.02 Å². The molecular weight excluding hydrogens is 490 g/mol. The van der Waals surface area contributed by atoms with Crippen molar-refractivity contribution in [2.24, 2.45) is 0 Å². The first-order valence-electron chi connectivity index (χ1n) is 10.9. The van der Waals surface area contributed by atoms with Crippen molar-refractivity contribution in [3.63, 3.8) is 0 Å². The van der Waals surface area contributed by atoms with Gasteiger partial charge in [-0.3, -0.25) is 29.4 Å². The monoisotopic (exact) mass is 505 g/mol. The Morgan fingerprint density at radius 3 is 2.39 bits per heavy atom. The van der Waals surface area contributed by atoms with Gasteiger partial charge in [0.15, 0.2) is 11.5 Å². The highest BCUT2D eigenvalue weighted by atomic mass is 35.5. The highest BCUT2D eigenvalue weighted by Crippen LogP contribution is 2.47. The first-order valence-corrected chi connectivity index (χ1v) is 11.3. The fourth-order valence-corrected chi connectivity index (χ4v) is 4.96. The van der Waals surface area contributed by atoms with Crippen LogP contribution in [0.15, 0.2) is 54.6 Å². The second-order valence-electron chi connectivity index (χ2n) is 8.61. The van der Waals surface area contributed by atoms with Gasteiger partial charge < -0.3 is 14.4 Å².